The zero-order chi connectivity index (χ0) is 12.8. The number of aliphatic hydroxyl groups is 1. The lowest BCUT2D eigenvalue weighted by molar-refractivity contribution is 0.100. The van der Waals surface area contributed by atoms with Crippen molar-refractivity contribution >= 4 is 0 Å². The number of nitrogens with zero attached hydrogens (tertiary/aromatic N) is 1. The third-order valence-corrected chi connectivity index (χ3v) is 4.76. The molecule has 2 aliphatic rings. The zero-order valence-corrected chi connectivity index (χ0v) is 11.9. The highest BCUT2D eigenvalue weighted by molar-refractivity contribution is 4.77. The fourth-order valence-corrected chi connectivity index (χ4v) is 3.53. The lowest BCUT2D eigenvalue weighted by atomic mass is 9.87. The Kier molecular flexibility index (Phi) is 5.93. The molecule has 106 valence electrons. The van der Waals surface area contributed by atoms with E-state index < -0.39 is 0 Å². The van der Waals surface area contributed by atoms with Crippen LogP contribution in [0, 0.1) is 5.92 Å². The minimum atomic E-state index is -0.0324. The maximum Gasteiger partial charge on any atom is 0.0543 e. The predicted octanol–water partition coefficient (Wildman–Crippen LogP) is 2.00. The first-order valence-electron chi connectivity index (χ1n) is 7.84. The quantitative estimate of drug-likeness (QED) is 0.737. The second-order valence-electron chi connectivity index (χ2n) is 6.31. The van der Waals surface area contributed by atoms with Gasteiger partial charge in [0.05, 0.1) is 6.10 Å². The first-order valence-corrected chi connectivity index (χ1v) is 7.84. The molecule has 0 aromatic heterocycles. The highest BCUT2D eigenvalue weighted by Crippen LogP contribution is 2.23. The minimum Gasteiger partial charge on any atom is -0.393 e. The molecule has 0 radical (unpaired) electrons. The van der Waals surface area contributed by atoms with Gasteiger partial charge in [-0.05, 0) is 71.1 Å². The molecule has 1 saturated heterocycles. The number of hydrogen-bond acceptors (Lipinski definition) is 3. The largest absolute Gasteiger partial charge is 0.393 e. The molecule has 18 heavy (non-hydrogen) atoms. The molecule has 1 heterocycles. The Morgan fingerprint density at radius 1 is 1.17 bits per heavy atom. The fourth-order valence-electron chi connectivity index (χ4n) is 3.53. The summed E-state index contributed by atoms with van der Waals surface area (Å²) in [6, 6.07) is 0.795. The van der Waals surface area contributed by atoms with Gasteiger partial charge in [0.15, 0.2) is 0 Å². The molecule has 2 N–H and O–H groups in total. The summed E-state index contributed by atoms with van der Waals surface area (Å²) in [4.78, 5) is 2.52. The number of likely N-dealkylation sites (tertiary alicyclic amines) is 1. The topological polar surface area (TPSA) is 35.5 Å². The Hall–Kier alpha value is -0.120. The molecule has 0 spiro atoms. The molecule has 1 aliphatic carbocycles. The smallest absolute Gasteiger partial charge is 0.0543 e. The maximum atomic E-state index is 9.64. The van der Waals surface area contributed by atoms with E-state index in [0.717, 1.165) is 32.0 Å². The molecular formula is C15H30N2O. The normalized spacial score (nSPS) is 34.7. The van der Waals surface area contributed by atoms with Crippen molar-refractivity contribution in [1.82, 2.24) is 10.2 Å². The van der Waals surface area contributed by atoms with Gasteiger partial charge in [-0.25, -0.2) is 0 Å². The zero-order valence-electron chi connectivity index (χ0n) is 11.9. The van der Waals surface area contributed by atoms with Gasteiger partial charge in [-0.3, -0.25) is 0 Å². The second-order valence-corrected chi connectivity index (χ2v) is 6.31. The van der Waals surface area contributed by atoms with Crippen molar-refractivity contribution in [2.75, 3.05) is 26.7 Å². The lowest BCUT2D eigenvalue weighted by Gasteiger charge is -2.33. The van der Waals surface area contributed by atoms with E-state index in [-0.39, 0.29) is 6.10 Å². The van der Waals surface area contributed by atoms with Gasteiger partial charge in [-0.1, -0.05) is 12.8 Å². The van der Waals surface area contributed by atoms with E-state index in [0.29, 0.717) is 5.92 Å². The molecule has 2 rings (SSSR count). The van der Waals surface area contributed by atoms with Gasteiger partial charge >= 0.3 is 0 Å². The summed E-state index contributed by atoms with van der Waals surface area (Å²) in [7, 11) is 2.27. The highest BCUT2D eigenvalue weighted by atomic mass is 16.3. The molecule has 2 fully saturated rings. The molecule has 3 heteroatoms. The van der Waals surface area contributed by atoms with Crippen molar-refractivity contribution in [2.24, 2.45) is 5.92 Å². The molecule has 1 saturated carbocycles. The van der Waals surface area contributed by atoms with Crippen LogP contribution in [0.3, 0.4) is 0 Å². The SMILES string of the molecule is CN1CCCCC1CCNCC1CCCC(O)C1. The molecule has 3 unspecified atom stereocenters. The summed E-state index contributed by atoms with van der Waals surface area (Å²) in [6.45, 7) is 3.52. The van der Waals surface area contributed by atoms with Crippen LogP contribution in [-0.2, 0) is 0 Å². The van der Waals surface area contributed by atoms with Crippen LogP contribution in [-0.4, -0.2) is 48.8 Å². The van der Waals surface area contributed by atoms with Gasteiger partial charge in [0.2, 0.25) is 0 Å². The Balaban J connectivity index is 1.55. The number of hydrogen-bond donors (Lipinski definition) is 2. The lowest BCUT2D eigenvalue weighted by Crippen LogP contribution is -2.39. The van der Waals surface area contributed by atoms with E-state index in [4.69, 9.17) is 0 Å². The van der Waals surface area contributed by atoms with E-state index in [2.05, 4.69) is 17.3 Å². The van der Waals surface area contributed by atoms with Crippen molar-refractivity contribution < 1.29 is 5.11 Å². The molecule has 0 aromatic rings. The van der Waals surface area contributed by atoms with Crippen LogP contribution in [0.2, 0.25) is 0 Å². The van der Waals surface area contributed by atoms with E-state index in [1.165, 1.54) is 45.1 Å². The molecule has 3 nitrogen and oxygen atoms in total. The first kappa shape index (κ1) is 14.3. The van der Waals surface area contributed by atoms with E-state index >= 15 is 0 Å². The van der Waals surface area contributed by atoms with E-state index in [9.17, 15) is 5.11 Å². The molecule has 0 amide bonds. The number of nitrogens with one attached hydrogen (secondary N) is 1. The van der Waals surface area contributed by atoms with Gasteiger partial charge < -0.3 is 15.3 Å². The summed E-state index contributed by atoms with van der Waals surface area (Å²) >= 11 is 0. The van der Waals surface area contributed by atoms with Crippen LogP contribution < -0.4 is 5.32 Å². The Bertz CT molecular complexity index is 235. The summed E-state index contributed by atoms with van der Waals surface area (Å²) in [5.74, 6) is 0.706. The maximum absolute atomic E-state index is 9.64. The molecule has 3 atom stereocenters. The van der Waals surface area contributed by atoms with Crippen LogP contribution in [0.15, 0.2) is 0 Å². The third-order valence-electron chi connectivity index (χ3n) is 4.76. The first-order chi connectivity index (χ1) is 8.75. The molecular weight excluding hydrogens is 224 g/mol. The third kappa shape index (κ3) is 4.52. The second kappa shape index (κ2) is 7.46. The number of aliphatic hydroxyl groups excluding tert-OH is 1. The number of piperidine rings is 1. The monoisotopic (exact) mass is 254 g/mol. The highest BCUT2D eigenvalue weighted by Gasteiger charge is 2.20. The fraction of sp³-hybridized carbons (Fsp3) is 1.00. The van der Waals surface area contributed by atoms with E-state index in [1.54, 1.807) is 0 Å². The summed E-state index contributed by atoms with van der Waals surface area (Å²) in [5.41, 5.74) is 0. The summed E-state index contributed by atoms with van der Waals surface area (Å²) < 4.78 is 0. The van der Waals surface area contributed by atoms with Gasteiger partial charge in [-0.2, -0.15) is 0 Å². The van der Waals surface area contributed by atoms with Crippen LogP contribution in [0.1, 0.15) is 51.4 Å². The van der Waals surface area contributed by atoms with Crippen LogP contribution in [0.4, 0.5) is 0 Å². The van der Waals surface area contributed by atoms with Gasteiger partial charge in [-0.15, -0.1) is 0 Å². The standard InChI is InChI=1S/C15H30N2O/c1-17-10-3-2-6-14(17)8-9-16-12-13-5-4-7-15(18)11-13/h13-16,18H,2-12H2,1H3. The average molecular weight is 254 g/mol. The van der Waals surface area contributed by atoms with Crippen molar-refractivity contribution in [3.8, 4) is 0 Å². The van der Waals surface area contributed by atoms with Gasteiger partial charge in [0, 0.05) is 6.04 Å². The molecule has 0 bridgehead atoms. The predicted molar refractivity (Wildman–Crippen MR) is 75.7 cm³/mol. The Morgan fingerprint density at radius 2 is 2.06 bits per heavy atom. The van der Waals surface area contributed by atoms with Gasteiger partial charge in [0.25, 0.3) is 0 Å². The van der Waals surface area contributed by atoms with Crippen LogP contribution >= 0.6 is 0 Å². The Morgan fingerprint density at radius 3 is 2.83 bits per heavy atom. The number of rotatable bonds is 5. The summed E-state index contributed by atoms with van der Waals surface area (Å²) in [6.07, 6.45) is 9.94. The van der Waals surface area contributed by atoms with Crippen molar-refractivity contribution in [3.05, 3.63) is 0 Å². The van der Waals surface area contributed by atoms with Crippen LogP contribution in [0.5, 0.6) is 0 Å². The van der Waals surface area contributed by atoms with Crippen molar-refractivity contribution in [1.29, 1.82) is 0 Å². The van der Waals surface area contributed by atoms with Crippen LogP contribution in [0.25, 0.3) is 0 Å². The van der Waals surface area contributed by atoms with Crippen molar-refractivity contribution in [3.63, 3.8) is 0 Å². The van der Waals surface area contributed by atoms with E-state index in [1.807, 2.05) is 0 Å². The molecule has 0 aromatic carbocycles. The molecule has 1 aliphatic heterocycles. The van der Waals surface area contributed by atoms with Crippen molar-refractivity contribution in [2.45, 2.75) is 63.5 Å². The average Bonchev–Trinajstić information content (AvgIpc) is 2.37. The summed E-state index contributed by atoms with van der Waals surface area (Å²) in [5, 5.41) is 13.2. The van der Waals surface area contributed by atoms with Gasteiger partial charge in [0.1, 0.15) is 0 Å². The minimum absolute atomic E-state index is 0.0324. The Labute approximate surface area is 112 Å².